The van der Waals surface area contributed by atoms with Crippen molar-refractivity contribution in [3.63, 3.8) is 0 Å². The molecule has 1 unspecified atom stereocenters. The molecular formula is C19H29N3O2. The summed E-state index contributed by atoms with van der Waals surface area (Å²) in [5.41, 5.74) is 7.13. The van der Waals surface area contributed by atoms with Crippen LogP contribution in [0.2, 0.25) is 0 Å². The lowest BCUT2D eigenvalue weighted by Gasteiger charge is -2.34. The van der Waals surface area contributed by atoms with Crippen LogP contribution < -0.4 is 11.1 Å². The van der Waals surface area contributed by atoms with Gasteiger partial charge in [0.25, 0.3) is 5.91 Å². The average Bonchev–Trinajstić information content (AvgIpc) is 2.55. The number of carbonyl (C=O) groups is 2. The lowest BCUT2D eigenvalue weighted by molar-refractivity contribution is -0.127. The van der Waals surface area contributed by atoms with Gasteiger partial charge in [0.2, 0.25) is 5.91 Å². The number of aryl methyl sites for hydroxylation is 1. The highest BCUT2D eigenvalue weighted by Gasteiger charge is 2.31. The second kappa shape index (κ2) is 7.79. The molecule has 0 spiro atoms. The van der Waals surface area contributed by atoms with Gasteiger partial charge in [0.05, 0.1) is 5.54 Å². The quantitative estimate of drug-likeness (QED) is 0.869. The third-order valence-electron chi connectivity index (χ3n) is 4.70. The molecule has 0 bridgehead atoms. The zero-order chi connectivity index (χ0) is 17.7. The zero-order valence-corrected chi connectivity index (χ0v) is 15.0. The monoisotopic (exact) mass is 331 g/mol. The third kappa shape index (κ3) is 4.57. The molecule has 5 heteroatoms. The smallest absolute Gasteiger partial charge is 0.253 e. The summed E-state index contributed by atoms with van der Waals surface area (Å²) in [5, 5.41) is 3.05. The summed E-state index contributed by atoms with van der Waals surface area (Å²) in [4.78, 5) is 26.6. The van der Waals surface area contributed by atoms with Crippen LogP contribution in [0.4, 0.5) is 0 Å². The summed E-state index contributed by atoms with van der Waals surface area (Å²) in [7, 11) is 0. The lowest BCUT2D eigenvalue weighted by atomic mass is 9.95. The van der Waals surface area contributed by atoms with Crippen LogP contribution in [0.25, 0.3) is 0 Å². The fourth-order valence-electron chi connectivity index (χ4n) is 3.09. The van der Waals surface area contributed by atoms with E-state index in [0.717, 1.165) is 30.4 Å². The van der Waals surface area contributed by atoms with Crippen molar-refractivity contribution in [1.29, 1.82) is 0 Å². The van der Waals surface area contributed by atoms with Crippen LogP contribution in [0.5, 0.6) is 0 Å². The Morgan fingerprint density at radius 2 is 1.83 bits per heavy atom. The Labute approximate surface area is 144 Å². The Balaban J connectivity index is 1.86. The van der Waals surface area contributed by atoms with Crippen molar-refractivity contribution in [2.45, 2.75) is 58.0 Å². The molecule has 1 saturated heterocycles. The zero-order valence-electron chi connectivity index (χ0n) is 15.0. The molecule has 1 fully saturated rings. The summed E-state index contributed by atoms with van der Waals surface area (Å²) in [6.07, 6.45) is 3.09. The van der Waals surface area contributed by atoms with E-state index in [1.54, 1.807) is 6.92 Å². The first kappa shape index (κ1) is 18.5. The van der Waals surface area contributed by atoms with E-state index >= 15 is 0 Å². The highest BCUT2D eigenvalue weighted by molar-refractivity contribution is 5.94. The van der Waals surface area contributed by atoms with Crippen molar-refractivity contribution in [1.82, 2.24) is 10.2 Å². The first-order chi connectivity index (χ1) is 11.3. The molecule has 1 aliphatic rings. The molecule has 2 rings (SSSR count). The fraction of sp³-hybridized carbons (Fsp3) is 0.579. The highest BCUT2D eigenvalue weighted by Crippen LogP contribution is 2.16. The second-order valence-corrected chi connectivity index (χ2v) is 7.07. The van der Waals surface area contributed by atoms with Crippen molar-refractivity contribution in [2.24, 2.45) is 5.73 Å². The number of nitrogens with one attached hydrogen (secondary N) is 1. The molecule has 132 valence electrons. The number of carbonyl (C=O) groups excluding carboxylic acids is 2. The number of benzene rings is 1. The average molecular weight is 331 g/mol. The minimum atomic E-state index is -0.816. The van der Waals surface area contributed by atoms with E-state index in [0.29, 0.717) is 19.5 Å². The van der Waals surface area contributed by atoms with Gasteiger partial charge >= 0.3 is 0 Å². The van der Waals surface area contributed by atoms with Crippen LogP contribution in [-0.4, -0.2) is 41.4 Å². The normalized spacial score (nSPS) is 18.1. The Morgan fingerprint density at radius 3 is 2.38 bits per heavy atom. The van der Waals surface area contributed by atoms with Gasteiger partial charge in [-0.25, -0.2) is 0 Å². The number of nitrogens with two attached hydrogens (primary N) is 1. The van der Waals surface area contributed by atoms with Gasteiger partial charge in [-0.15, -0.1) is 0 Å². The predicted octanol–water partition coefficient (Wildman–Crippen LogP) is 2.23. The van der Waals surface area contributed by atoms with Crippen LogP contribution >= 0.6 is 0 Å². The Bertz CT molecular complexity index is 573. The summed E-state index contributed by atoms with van der Waals surface area (Å²) in [6.45, 7) is 7.13. The van der Waals surface area contributed by atoms with Gasteiger partial charge in [-0.2, -0.15) is 0 Å². The van der Waals surface area contributed by atoms with Crippen LogP contribution in [-0.2, 0) is 4.79 Å². The first-order valence-electron chi connectivity index (χ1n) is 8.79. The maximum absolute atomic E-state index is 12.5. The van der Waals surface area contributed by atoms with E-state index in [9.17, 15) is 9.59 Å². The van der Waals surface area contributed by atoms with Crippen LogP contribution in [0.1, 0.15) is 55.5 Å². The number of hydrogen-bond acceptors (Lipinski definition) is 3. The second-order valence-electron chi connectivity index (χ2n) is 7.07. The Kier molecular flexibility index (Phi) is 5.99. The molecule has 0 aromatic heterocycles. The van der Waals surface area contributed by atoms with Crippen molar-refractivity contribution < 1.29 is 9.59 Å². The standard InChI is InChI=1S/C19H29N3O2/c1-4-11-19(3,20)18(24)21-16-9-12-22(13-10-16)17(23)15-7-5-14(2)6-8-15/h5-8,16H,4,9-13,20H2,1-3H3,(H,21,24). The first-order valence-corrected chi connectivity index (χ1v) is 8.79. The molecule has 3 N–H and O–H groups in total. The molecule has 0 radical (unpaired) electrons. The molecule has 24 heavy (non-hydrogen) atoms. The van der Waals surface area contributed by atoms with Gasteiger partial charge in [-0.3, -0.25) is 9.59 Å². The van der Waals surface area contributed by atoms with E-state index in [2.05, 4.69) is 5.32 Å². The van der Waals surface area contributed by atoms with E-state index in [-0.39, 0.29) is 17.9 Å². The van der Waals surface area contributed by atoms with Crippen molar-refractivity contribution >= 4 is 11.8 Å². The van der Waals surface area contributed by atoms with Crippen LogP contribution in [0, 0.1) is 6.92 Å². The minimum absolute atomic E-state index is 0.0643. The number of hydrogen-bond donors (Lipinski definition) is 2. The van der Waals surface area contributed by atoms with Gasteiger partial charge in [-0.05, 0) is 45.2 Å². The maximum Gasteiger partial charge on any atom is 0.253 e. The number of amides is 2. The van der Waals surface area contributed by atoms with Gasteiger partial charge in [0.1, 0.15) is 0 Å². The Hall–Kier alpha value is -1.88. The molecule has 0 saturated carbocycles. The molecule has 1 aliphatic heterocycles. The molecule has 1 atom stereocenters. The topological polar surface area (TPSA) is 75.4 Å². The summed E-state index contributed by atoms with van der Waals surface area (Å²) >= 11 is 0. The van der Waals surface area contributed by atoms with Gasteiger partial charge in [0.15, 0.2) is 0 Å². The van der Waals surface area contributed by atoms with E-state index in [4.69, 9.17) is 5.73 Å². The van der Waals surface area contributed by atoms with Crippen molar-refractivity contribution in [3.05, 3.63) is 35.4 Å². The number of nitrogens with zero attached hydrogens (tertiary/aromatic N) is 1. The van der Waals surface area contributed by atoms with Gasteiger partial charge < -0.3 is 16.0 Å². The number of piperidine rings is 1. The summed E-state index contributed by atoms with van der Waals surface area (Å²) in [6, 6.07) is 7.75. The highest BCUT2D eigenvalue weighted by atomic mass is 16.2. The summed E-state index contributed by atoms with van der Waals surface area (Å²) in [5.74, 6) is -0.0258. The largest absolute Gasteiger partial charge is 0.352 e. The minimum Gasteiger partial charge on any atom is -0.352 e. The van der Waals surface area contributed by atoms with Gasteiger partial charge in [-0.1, -0.05) is 31.0 Å². The SMILES string of the molecule is CCCC(C)(N)C(=O)NC1CCN(C(=O)c2ccc(C)cc2)CC1. The molecule has 1 heterocycles. The lowest BCUT2D eigenvalue weighted by Crippen LogP contribution is -2.56. The molecule has 2 amide bonds. The molecule has 1 aromatic rings. The maximum atomic E-state index is 12.5. The number of rotatable bonds is 5. The van der Waals surface area contributed by atoms with E-state index in [1.807, 2.05) is 43.0 Å². The molecule has 1 aromatic carbocycles. The third-order valence-corrected chi connectivity index (χ3v) is 4.70. The Morgan fingerprint density at radius 1 is 1.25 bits per heavy atom. The molecule has 5 nitrogen and oxygen atoms in total. The predicted molar refractivity (Wildman–Crippen MR) is 95.7 cm³/mol. The van der Waals surface area contributed by atoms with Crippen LogP contribution in [0.3, 0.4) is 0 Å². The van der Waals surface area contributed by atoms with Crippen LogP contribution in [0.15, 0.2) is 24.3 Å². The number of likely N-dealkylation sites (tertiary alicyclic amines) is 1. The molecular weight excluding hydrogens is 302 g/mol. The van der Waals surface area contributed by atoms with Crippen molar-refractivity contribution in [2.75, 3.05) is 13.1 Å². The fourth-order valence-corrected chi connectivity index (χ4v) is 3.09. The van der Waals surface area contributed by atoms with E-state index in [1.165, 1.54) is 0 Å². The van der Waals surface area contributed by atoms with Crippen molar-refractivity contribution in [3.8, 4) is 0 Å². The van der Waals surface area contributed by atoms with Gasteiger partial charge in [0, 0.05) is 24.7 Å². The molecule has 0 aliphatic carbocycles. The van der Waals surface area contributed by atoms with E-state index < -0.39 is 5.54 Å². The summed E-state index contributed by atoms with van der Waals surface area (Å²) < 4.78 is 0.